The van der Waals surface area contributed by atoms with Crippen molar-refractivity contribution in [2.24, 2.45) is 5.92 Å². The molecule has 1 aromatic rings. The fraction of sp³-hybridized carbons (Fsp3) is 0.818. The van der Waals surface area contributed by atoms with Crippen LogP contribution in [0.25, 0.3) is 0 Å². The van der Waals surface area contributed by atoms with Crippen molar-refractivity contribution in [2.45, 2.75) is 45.7 Å². The molecule has 1 aromatic heterocycles. The molecule has 1 unspecified atom stereocenters. The van der Waals surface area contributed by atoms with Crippen molar-refractivity contribution in [1.82, 2.24) is 20.1 Å². The monoisotopic (exact) mass is 208 g/mol. The third-order valence-electron chi connectivity index (χ3n) is 2.96. The fourth-order valence-electron chi connectivity index (χ4n) is 2.01. The van der Waals surface area contributed by atoms with E-state index in [0.29, 0.717) is 6.04 Å². The second-order valence-corrected chi connectivity index (χ2v) is 4.71. The van der Waals surface area contributed by atoms with Crippen LogP contribution in [0.2, 0.25) is 0 Å². The van der Waals surface area contributed by atoms with Crippen LogP contribution in [0, 0.1) is 5.92 Å². The van der Waals surface area contributed by atoms with E-state index in [4.69, 9.17) is 0 Å². The van der Waals surface area contributed by atoms with Crippen molar-refractivity contribution < 1.29 is 0 Å². The quantitative estimate of drug-likeness (QED) is 0.819. The number of hydrogen-bond acceptors (Lipinski definition) is 3. The van der Waals surface area contributed by atoms with Gasteiger partial charge in [-0.1, -0.05) is 13.8 Å². The van der Waals surface area contributed by atoms with Crippen LogP contribution in [0.15, 0.2) is 6.33 Å². The van der Waals surface area contributed by atoms with Gasteiger partial charge in [0.2, 0.25) is 0 Å². The molecule has 2 heterocycles. The van der Waals surface area contributed by atoms with Gasteiger partial charge in [0, 0.05) is 6.54 Å². The first kappa shape index (κ1) is 10.6. The van der Waals surface area contributed by atoms with Crippen LogP contribution >= 0.6 is 0 Å². The molecule has 84 valence electrons. The molecule has 1 N–H and O–H groups in total. The van der Waals surface area contributed by atoms with Gasteiger partial charge in [-0.25, -0.2) is 0 Å². The SMILES string of the molecule is CC(C)CCn1cnnc1C1CCCN1. The zero-order chi connectivity index (χ0) is 10.7. The summed E-state index contributed by atoms with van der Waals surface area (Å²) in [7, 11) is 0. The van der Waals surface area contributed by atoms with Gasteiger partial charge >= 0.3 is 0 Å². The molecule has 4 heteroatoms. The van der Waals surface area contributed by atoms with Crippen LogP contribution in [0.4, 0.5) is 0 Å². The first-order valence-corrected chi connectivity index (χ1v) is 5.88. The molecule has 0 bridgehead atoms. The minimum atomic E-state index is 0.430. The fourth-order valence-corrected chi connectivity index (χ4v) is 2.01. The van der Waals surface area contributed by atoms with Gasteiger partial charge in [-0.3, -0.25) is 0 Å². The van der Waals surface area contributed by atoms with Crippen LogP contribution in [-0.2, 0) is 6.54 Å². The van der Waals surface area contributed by atoms with Gasteiger partial charge in [0.15, 0.2) is 0 Å². The maximum Gasteiger partial charge on any atom is 0.149 e. The third kappa shape index (κ3) is 2.56. The molecule has 15 heavy (non-hydrogen) atoms. The summed E-state index contributed by atoms with van der Waals surface area (Å²) in [4.78, 5) is 0. The Morgan fingerprint density at radius 2 is 2.47 bits per heavy atom. The van der Waals surface area contributed by atoms with Gasteiger partial charge in [0.25, 0.3) is 0 Å². The number of rotatable bonds is 4. The Bertz CT molecular complexity index is 299. The van der Waals surface area contributed by atoms with Gasteiger partial charge in [-0.05, 0) is 31.7 Å². The highest BCUT2D eigenvalue weighted by atomic mass is 15.3. The predicted octanol–water partition coefficient (Wildman–Crippen LogP) is 1.75. The van der Waals surface area contributed by atoms with E-state index in [-0.39, 0.29) is 0 Å². The summed E-state index contributed by atoms with van der Waals surface area (Å²) in [6.07, 6.45) is 5.50. The minimum absolute atomic E-state index is 0.430. The molecular weight excluding hydrogens is 188 g/mol. The Morgan fingerprint density at radius 1 is 1.60 bits per heavy atom. The first-order valence-electron chi connectivity index (χ1n) is 5.88. The van der Waals surface area contributed by atoms with Crippen LogP contribution in [0.3, 0.4) is 0 Å². The number of aryl methyl sites for hydroxylation is 1. The van der Waals surface area contributed by atoms with Crippen LogP contribution in [0.5, 0.6) is 0 Å². The lowest BCUT2D eigenvalue weighted by Gasteiger charge is -2.12. The average molecular weight is 208 g/mol. The highest BCUT2D eigenvalue weighted by Crippen LogP contribution is 2.21. The zero-order valence-corrected chi connectivity index (χ0v) is 9.61. The van der Waals surface area contributed by atoms with Gasteiger partial charge in [0.1, 0.15) is 12.2 Å². The summed E-state index contributed by atoms with van der Waals surface area (Å²) in [6.45, 7) is 6.65. The van der Waals surface area contributed by atoms with Crippen molar-refractivity contribution in [3.8, 4) is 0 Å². The minimum Gasteiger partial charge on any atom is -0.316 e. The lowest BCUT2D eigenvalue weighted by molar-refractivity contribution is 0.481. The van der Waals surface area contributed by atoms with E-state index < -0.39 is 0 Å². The molecule has 0 saturated carbocycles. The van der Waals surface area contributed by atoms with Crippen molar-refractivity contribution in [3.63, 3.8) is 0 Å². The van der Waals surface area contributed by atoms with Gasteiger partial charge in [-0.2, -0.15) is 0 Å². The molecule has 1 fully saturated rings. The number of nitrogens with one attached hydrogen (secondary N) is 1. The predicted molar refractivity (Wildman–Crippen MR) is 59.5 cm³/mol. The van der Waals surface area contributed by atoms with Gasteiger partial charge < -0.3 is 9.88 Å². The van der Waals surface area contributed by atoms with Crippen molar-refractivity contribution in [1.29, 1.82) is 0 Å². The number of aromatic nitrogens is 3. The normalized spacial score (nSPS) is 21.4. The van der Waals surface area contributed by atoms with Crippen molar-refractivity contribution in [2.75, 3.05) is 6.54 Å². The van der Waals surface area contributed by atoms with E-state index in [2.05, 4.69) is 33.9 Å². The molecule has 0 aromatic carbocycles. The molecule has 1 aliphatic rings. The smallest absolute Gasteiger partial charge is 0.149 e. The summed E-state index contributed by atoms with van der Waals surface area (Å²) in [5.74, 6) is 1.85. The van der Waals surface area contributed by atoms with Crippen molar-refractivity contribution >= 4 is 0 Å². The molecule has 1 atom stereocenters. The van der Waals surface area contributed by atoms with Crippen LogP contribution in [0.1, 0.15) is 45.0 Å². The zero-order valence-electron chi connectivity index (χ0n) is 9.61. The molecule has 2 rings (SSSR count). The molecular formula is C11H20N4. The Labute approximate surface area is 91.1 Å². The number of nitrogens with zero attached hydrogens (tertiary/aromatic N) is 3. The van der Waals surface area contributed by atoms with E-state index in [1.165, 1.54) is 19.3 Å². The molecule has 1 saturated heterocycles. The Balaban J connectivity index is 2.01. The molecule has 4 nitrogen and oxygen atoms in total. The Kier molecular flexibility index (Phi) is 3.36. The number of hydrogen-bond donors (Lipinski definition) is 1. The van der Waals surface area contributed by atoms with E-state index in [9.17, 15) is 0 Å². The lowest BCUT2D eigenvalue weighted by Crippen LogP contribution is -2.18. The van der Waals surface area contributed by atoms with E-state index >= 15 is 0 Å². The second-order valence-electron chi connectivity index (χ2n) is 4.71. The maximum absolute atomic E-state index is 4.23. The summed E-state index contributed by atoms with van der Waals surface area (Å²) in [5, 5.41) is 11.7. The summed E-state index contributed by atoms with van der Waals surface area (Å²) >= 11 is 0. The molecule has 0 spiro atoms. The van der Waals surface area contributed by atoms with E-state index in [1.54, 1.807) is 0 Å². The van der Waals surface area contributed by atoms with Gasteiger partial charge in [0.05, 0.1) is 6.04 Å². The highest BCUT2D eigenvalue weighted by Gasteiger charge is 2.21. The summed E-state index contributed by atoms with van der Waals surface area (Å²) in [5.41, 5.74) is 0. The standard InChI is InChI=1S/C11H20N4/c1-9(2)5-7-15-8-13-14-11(15)10-4-3-6-12-10/h8-10,12H,3-7H2,1-2H3. The van der Waals surface area contributed by atoms with Crippen LogP contribution < -0.4 is 5.32 Å². The first-order chi connectivity index (χ1) is 7.27. The largest absolute Gasteiger partial charge is 0.316 e. The average Bonchev–Trinajstić information content (AvgIpc) is 2.85. The molecule has 0 radical (unpaired) electrons. The van der Waals surface area contributed by atoms with E-state index in [1.807, 2.05) is 6.33 Å². The van der Waals surface area contributed by atoms with Gasteiger partial charge in [-0.15, -0.1) is 10.2 Å². The van der Waals surface area contributed by atoms with Crippen molar-refractivity contribution in [3.05, 3.63) is 12.2 Å². The molecule has 1 aliphatic heterocycles. The topological polar surface area (TPSA) is 42.7 Å². The second kappa shape index (κ2) is 4.75. The Morgan fingerprint density at radius 3 is 3.13 bits per heavy atom. The van der Waals surface area contributed by atoms with E-state index in [0.717, 1.165) is 24.8 Å². The summed E-state index contributed by atoms with van der Waals surface area (Å²) < 4.78 is 2.20. The molecule has 0 amide bonds. The third-order valence-corrected chi connectivity index (χ3v) is 2.96. The molecule has 0 aliphatic carbocycles. The highest BCUT2D eigenvalue weighted by molar-refractivity contribution is 4.97. The van der Waals surface area contributed by atoms with Crippen LogP contribution in [-0.4, -0.2) is 21.3 Å². The Hall–Kier alpha value is -0.900. The summed E-state index contributed by atoms with van der Waals surface area (Å²) in [6, 6.07) is 0.430. The lowest BCUT2D eigenvalue weighted by atomic mass is 10.1. The maximum atomic E-state index is 4.23.